The van der Waals surface area contributed by atoms with Gasteiger partial charge in [0.25, 0.3) is 0 Å². The van der Waals surface area contributed by atoms with Gasteiger partial charge < -0.3 is 9.52 Å². The van der Waals surface area contributed by atoms with Gasteiger partial charge in [-0.1, -0.05) is 20.8 Å². The maximum Gasteiger partial charge on any atom is 0.249 e. The van der Waals surface area contributed by atoms with Crippen molar-refractivity contribution in [2.75, 3.05) is 0 Å². The molecule has 0 bridgehead atoms. The first-order chi connectivity index (χ1) is 7.98. The summed E-state index contributed by atoms with van der Waals surface area (Å²) in [6.45, 7) is 5.73. The second-order valence-corrected chi connectivity index (χ2v) is 4.96. The molecule has 2 rings (SSSR count). The van der Waals surface area contributed by atoms with Crippen molar-refractivity contribution in [3.63, 3.8) is 0 Å². The van der Waals surface area contributed by atoms with Gasteiger partial charge in [-0.25, -0.2) is 0 Å². The van der Waals surface area contributed by atoms with Crippen LogP contribution in [0.5, 0.6) is 0 Å². The van der Waals surface area contributed by atoms with E-state index in [4.69, 9.17) is 4.42 Å². The van der Waals surface area contributed by atoms with Crippen LogP contribution in [0.2, 0.25) is 0 Å². The fraction of sp³-hybridized carbons (Fsp3) is 0.417. The third kappa shape index (κ3) is 2.50. The molecule has 1 atom stereocenters. The Kier molecular flexibility index (Phi) is 2.93. The summed E-state index contributed by atoms with van der Waals surface area (Å²) in [5.74, 6) is 0.604. The molecule has 1 N–H and O–H groups in total. The van der Waals surface area contributed by atoms with Crippen LogP contribution in [0.1, 0.15) is 32.8 Å². The average molecular weight is 233 g/mol. The zero-order valence-corrected chi connectivity index (χ0v) is 10.1. The lowest BCUT2D eigenvalue weighted by Gasteiger charge is -2.22. The van der Waals surface area contributed by atoms with Crippen molar-refractivity contribution >= 4 is 0 Å². The van der Waals surface area contributed by atoms with Crippen molar-refractivity contribution in [1.82, 2.24) is 15.2 Å². The van der Waals surface area contributed by atoms with E-state index in [1.807, 2.05) is 26.8 Å². The van der Waals surface area contributed by atoms with Crippen LogP contribution in [-0.4, -0.2) is 20.3 Å². The predicted octanol–water partition coefficient (Wildman–Crippen LogP) is 2.21. The van der Waals surface area contributed by atoms with E-state index in [-0.39, 0.29) is 11.3 Å². The molecule has 2 heterocycles. The second-order valence-electron chi connectivity index (χ2n) is 4.96. The standard InChI is InChI=1S/C12H15N3O2/c1-12(2,3)9(16)11-15-14-10(17-11)8-5-4-6-13-7-8/h4-7,9,16H,1-3H3. The van der Waals surface area contributed by atoms with Gasteiger partial charge in [-0.2, -0.15) is 0 Å². The molecule has 0 radical (unpaired) electrons. The van der Waals surface area contributed by atoms with Crippen molar-refractivity contribution in [3.8, 4) is 11.5 Å². The molecule has 2 aromatic rings. The highest BCUT2D eigenvalue weighted by molar-refractivity contribution is 5.49. The number of aromatic nitrogens is 3. The molecule has 0 saturated carbocycles. The number of hydrogen-bond donors (Lipinski definition) is 1. The maximum atomic E-state index is 10.0. The van der Waals surface area contributed by atoms with Crippen molar-refractivity contribution in [3.05, 3.63) is 30.4 Å². The molecular formula is C12H15N3O2. The van der Waals surface area contributed by atoms with Gasteiger partial charge in [-0.15, -0.1) is 10.2 Å². The number of pyridine rings is 1. The highest BCUT2D eigenvalue weighted by atomic mass is 16.4. The smallest absolute Gasteiger partial charge is 0.249 e. The summed E-state index contributed by atoms with van der Waals surface area (Å²) in [5.41, 5.74) is 0.408. The molecule has 17 heavy (non-hydrogen) atoms. The fourth-order valence-corrected chi connectivity index (χ4v) is 1.32. The van der Waals surface area contributed by atoms with Crippen LogP contribution in [0, 0.1) is 5.41 Å². The summed E-state index contributed by atoms with van der Waals surface area (Å²) in [5, 5.41) is 17.8. The van der Waals surface area contributed by atoms with Gasteiger partial charge in [-0.05, 0) is 17.5 Å². The number of nitrogens with zero attached hydrogens (tertiary/aromatic N) is 3. The van der Waals surface area contributed by atoms with Gasteiger partial charge in [0, 0.05) is 12.4 Å². The Balaban J connectivity index is 2.28. The van der Waals surface area contributed by atoms with E-state index in [1.165, 1.54) is 0 Å². The molecular weight excluding hydrogens is 218 g/mol. The number of rotatable bonds is 2. The molecule has 90 valence electrons. The van der Waals surface area contributed by atoms with Crippen LogP contribution in [0.3, 0.4) is 0 Å². The van der Waals surface area contributed by atoms with E-state index in [2.05, 4.69) is 15.2 Å². The Bertz CT molecular complexity index is 488. The minimum absolute atomic E-state index is 0.233. The summed E-state index contributed by atoms with van der Waals surface area (Å²) >= 11 is 0. The second kappa shape index (κ2) is 4.25. The zero-order valence-electron chi connectivity index (χ0n) is 10.1. The van der Waals surface area contributed by atoms with Crippen molar-refractivity contribution in [2.45, 2.75) is 26.9 Å². The molecule has 0 aliphatic carbocycles. The van der Waals surface area contributed by atoms with Crippen LogP contribution >= 0.6 is 0 Å². The minimum atomic E-state index is -0.777. The molecule has 0 fully saturated rings. The molecule has 0 spiro atoms. The lowest BCUT2D eigenvalue weighted by atomic mass is 9.89. The summed E-state index contributed by atoms with van der Waals surface area (Å²) < 4.78 is 5.45. The van der Waals surface area contributed by atoms with Crippen LogP contribution in [0.4, 0.5) is 0 Å². The van der Waals surface area contributed by atoms with Crippen molar-refractivity contribution in [2.24, 2.45) is 5.41 Å². The van der Waals surface area contributed by atoms with E-state index >= 15 is 0 Å². The Hall–Kier alpha value is -1.75. The summed E-state index contributed by atoms with van der Waals surface area (Å²) in [6.07, 6.45) is 2.53. The van der Waals surface area contributed by atoms with Crippen molar-refractivity contribution in [1.29, 1.82) is 0 Å². The van der Waals surface area contributed by atoms with Crippen LogP contribution in [0.15, 0.2) is 28.9 Å². The molecule has 2 aromatic heterocycles. The minimum Gasteiger partial charge on any atom is -0.418 e. The van der Waals surface area contributed by atoms with E-state index in [1.54, 1.807) is 18.5 Å². The molecule has 5 nitrogen and oxygen atoms in total. The largest absolute Gasteiger partial charge is 0.418 e. The highest BCUT2D eigenvalue weighted by Crippen LogP contribution is 2.32. The molecule has 5 heteroatoms. The first-order valence-electron chi connectivity index (χ1n) is 5.40. The zero-order chi connectivity index (χ0) is 12.5. The van der Waals surface area contributed by atoms with E-state index < -0.39 is 6.10 Å². The van der Waals surface area contributed by atoms with Crippen LogP contribution in [0.25, 0.3) is 11.5 Å². The average Bonchev–Trinajstić information content (AvgIpc) is 2.77. The van der Waals surface area contributed by atoms with Crippen molar-refractivity contribution < 1.29 is 9.52 Å². The van der Waals surface area contributed by atoms with E-state index in [0.29, 0.717) is 5.89 Å². The Morgan fingerprint density at radius 1 is 1.29 bits per heavy atom. The first-order valence-corrected chi connectivity index (χ1v) is 5.40. The topological polar surface area (TPSA) is 72.0 Å². The first kappa shape index (κ1) is 11.7. The molecule has 0 aliphatic heterocycles. The third-order valence-electron chi connectivity index (χ3n) is 2.40. The maximum absolute atomic E-state index is 10.0. The SMILES string of the molecule is CC(C)(C)C(O)c1nnc(-c2cccnc2)o1. The molecule has 1 unspecified atom stereocenters. The number of hydrogen-bond acceptors (Lipinski definition) is 5. The third-order valence-corrected chi connectivity index (χ3v) is 2.40. The molecule has 0 aliphatic rings. The van der Waals surface area contributed by atoms with Gasteiger partial charge in [0.1, 0.15) is 6.10 Å². The number of aliphatic hydroxyl groups is 1. The van der Waals surface area contributed by atoms with E-state index in [0.717, 1.165) is 5.56 Å². The summed E-state index contributed by atoms with van der Waals surface area (Å²) in [7, 11) is 0. The lowest BCUT2D eigenvalue weighted by molar-refractivity contribution is 0.0391. The van der Waals surface area contributed by atoms with Gasteiger partial charge in [0.05, 0.1) is 5.56 Å². The Morgan fingerprint density at radius 2 is 2.06 bits per heavy atom. The van der Waals surface area contributed by atoms with E-state index in [9.17, 15) is 5.11 Å². The quantitative estimate of drug-likeness (QED) is 0.861. The fourth-order valence-electron chi connectivity index (χ4n) is 1.32. The Morgan fingerprint density at radius 3 is 2.65 bits per heavy atom. The number of aliphatic hydroxyl groups excluding tert-OH is 1. The lowest BCUT2D eigenvalue weighted by Crippen LogP contribution is -2.18. The Labute approximate surface area is 99.5 Å². The molecule has 0 amide bonds. The van der Waals surface area contributed by atoms with Gasteiger partial charge in [0.2, 0.25) is 11.8 Å². The monoisotopic (exact) mass is 233 g/mol. The molecule has 0 saturated heterocycles. The normalized spacial score (nSPS) is 13.6. The van der Waals surface area contributed by atoms with Gasteiger partial charge in [0.15, 0.2) is 0 Å². The van der Waals surface area contributed by atoms with Crippen LogP contribution in [-0.2, 0) is 0 Å². The summed E-state index contributed by atoms with van der Waals surface area (Å²) in [4.78, 5) is 3.97. The van der Waals surface area contributed by atoms with Gasteiger partial charge in [-0.3, -0.25) is 4.98 Å². The summed E-state index contributed by atoms with van der Waals surface area (Å²) in [6, 6.07) is 3.62. The predicted molar refractivity (Wildman–Crippen MR) is 61.9 cm³/mol. The van der Waals surface area contributed by atoms with Crippen LogP contribution < -0.4 is 0 Å². The van der Waals surface area contributed by atoms with Gasteiger partial charge >= 0.3 is 0 Å². The molecule has 0 aromatic carbocycles. The highest BCUT2D eigenvalue weighted by Gasteiger charge is 2.28.